The summed E-state index contributed by atoms with van der Waals surface area (Å²) in [6.45, 7) is 8.99. The van der Waals surface area contributed by atoms with Crippen LogP contribution in [0.25, 0.3) is 10.9 Å². The molecular formula is C20H30N6. The maximum atomic E-state index is 4.37. The summed E-state index contributed by atoms with van der Waals surface area (Å²) < 4.78 is 2.33. The van der Waals surface area contributed by atoms with Crippen LogP contribution in [0.2, 0.25) is 0 Å². The number of piperazine rings is 3. The molecule has 4 heterocycles. The Labute approximate surface area is 155 Å². The molecule has 5 rings (SSSR count). The third kappa shape index (κ3) is 3.86. The molecule has 0 radical (unpaired) electrons. The van der Waals surface area contributed by atoms with Crippen LogP contribution in [-0.4, -0.2) is 79.2 Å². The second-order valence-corrected chi connectivity index (χ2v) is 7.29. The van der Waals surface area contributed by atoms with Crippen LogP contribution < -0.4 is 10.6 Å². The minimum Gasteiger partial charge on any atom is -0.356 e. The first-order valence-corrected chi connectivity index (χ1v) is 9.78. The lowest BCUT2D eigenvalue weighted by Crippen LogP contribution is -2.63. The molecule has 2 N–H and O–H groups in total. The lowest BCUT2D eigenvalue weighted by Gasteiger charge is -2.47. The highest BCUT2D eigenvalue weighted by molar-refractivity contribution is 5.80. The van der Waals surface area contributed by atoms with Gasteiger partial charge < -0.3 is 15.2 Å². The van der Waals surface area contributed by atoms with Crippen molar-refractivity contribution < 1.29 is 0 Å². The van der Waals surface area contributed by atoms with Crippen molar-refractivity contribution in [3.05, 3.63) is 36.5 Å². The van der Waals surface area contributed by atoms with Crippen LogP contribution in [-0.2, 0) is 6.54 Å². The summed E-state index contributed by atoms with van der Waals surface area (Å²) in [6.07, 6.45) is 3.25. The molecule has 2 bridgehead atoms. The quantitative estimate of drug-likeness (QED) is 0.465. The van der Waals surface area contributed by atoms with E-state index in [2.05, 4.69) is 66.5 Å². The Bertz CT molecular complexity index is 744. The van der Waals surface area contributed by atoms with Crippen molar-refractivity contribution in [2.24, 2.45) is 4.99 Å². The van der Waals surface area contributed by atoms with E-state index in [1.807, 2.05) is 7.05 Å². The summed E-state index contributed by atoms with van der Waals surface area (Å²) in [6, 6.07) is 11.4. The van der Waals surface area contributed by atoms with Crippen molar-refractivity contribution in [2.45, 2.75) is 19.0 Å². The molecule has 3 fully saturated rings. The van der Waals surface area contributed by atoms with Gasteiger partial charge in [0.2, 0.25) is 0 Å². The number of para-hydroxylation sites is 1. The van der Waals surface area contributed by atoms with E-state index < -0.39 is 0 Å². The van der Waals surface area contributed by atoms with E-state index in [0.717, 1.165) is 32.0 Å². The van der Waals surface area contributed by atoms with Crippen molar-refractivity contribution in [3.8, 4) is 0 Å². The molecule has 0 amide bonds. The van der Waals surface area contributed by atoms with Gasteiger partial charge in [-0.2, -0.15) is 0 Å². The third-order valence-corrected chi connectivity index (χ3v) is 5.67. The minimum atomic E-state index is 0.613. The first-order valence-electron chi connectivity index (χ1n) is 9.78. The fourth-order valence-corrected chi connectivity index (χ4v) is 4.15. The molecule has 140 valence electrons. The molecule has 1 aromatic heterocycles. The number of nitrogens with one attached hydrogen (secondary N) is 2. The van der Waals surface area contributed by atoms with Crippen molar-refractivity contribution in [3.63, 3.8) is 0 Å². The average Bonchev–Trinajstić information content (AvgIpc) is 3.11. The largest absolute Gasteiger partial charge is 0.356 e. The molecule has 0 aliphatic carbocycles. The van der Waals surface area contributed by atoms with Gasteiger partial charge in [-0.05, 0) is 23.9 Å². The Kier molecular flexibility index (Phi) is 5.41. The molecule has 1 atom stereocenters. The van der Waals surface area contributed by atoms with E-state index in [4.69, 9.17) is 0 Å². The molecule has 3 saturated heterocycles. The molecule has 6 heteroatoms. The molecule has 1 aromatic carbocycles. The number of aliphatic imine (C=N–C) groups is 1. The number of guanidine groups is 1. The predicted octanol–water partition coefficient (Wildman–Crippen LogP) is 1.20. The van der Waals surface area contributed by atoms with E-state index in [1.54, 1.807) is 0 Å². The van der Waals surface area contributed by atoms with Gasteiger partial charge in [-0.1, -0.05) is 18.2 Å². The van der Waals surface area contributed by atoms with Crippen LogP contribution in [0.3, 0.4) is 0 Å². The number of benzene rings is 1. The van der Waals surface area contributed by atoms with E-state index >= 15 is 0 Å². The highest BCUT2D eigenvalue weighted by Gasteiger charge is 2.31. The number of hydrogen-bond acceptors (Lipinski definition) is 3. The summed E-state index contributed by atoms with van der Waals surface area (Å²) in [4.78, 5) is 9.56. The van der Waals surface area contributed by atoms with Gasteiger partial charge in [0, 0.05) is 77.2 Å². The highest BCUT2D eigenvalue weighted by Crippen LogP contribution is 2.15. The standard InChI is InChI=1S/C20H30N6/c1-21-20(23-15-18-16-24-11-13-25(18)14-12-24)22-8-4-9-26-10-7-17-5-2-3-6-19(17)26/h2-3,5-7,10,18H,4,8-9,11-16H2,1H3,(H2,21,22,23). The summed E-state index contributed by atoms with van der Waals surface area (Å²) >= 11 is 0. The SMILES string of the molecule is CN=C(NCCCn1ccc2ccccc21)NCC1CN2CCN1CC2. The monoisotopic (exact) mass is 354 g/mol. The maximum Gasteiger partial charge on any atom is 0.191 e. The van der Waals surface area contributed by atoms with Crippen LogP contribution >= 0.6 is 0 Å². The highest BCUT2D eigenvalue weighted by atomic mass is 15.4. The third-order valence-electron chi connectivity index (χ3n) is 5.67. The molecule has 0 spiro atoms. The number of rotatable bonds is 6. The molecule has 26 heavy (non-hydrogen) atoms. The Hall–Kier alpha value is -2.05. The second-order valence-electron chi connectivity index (χ2n) is 7.29. The van der Waals surface area contributed by atoms with Gasteiger partial charge >= 0.3 is 0 Å². The van der Waals surface area contributed by atoms with Crippen LogP contribution in [0.1, 0.15) is 6.42 Å². The van der Waals surface area contributed by atoms with Gasteiger partial charge in [-0.25, -0.2) is 0 Å². The fourth-order valence-electron chi connectivity index (χ4n) is 4.15. The average molecular weight is 355 g/mol. The number of nitrogens with zero attached hydrogens (tertiary/aromatic N) is 4. The molecule has 0 saturated carbocycles. The Morgan fingerprint density at radius 1 is 1.12 bits per heavy atom. The second kappa shape index (κ2) is 8.10. The van der Waals surface area contributed by atoms with Crippen molar-refractivity contribution in [1.82, 2.24) is 25.0 Å². The number of aromatic nitrogens is 1. The Morgan fingerprint density at radius 2 is 1.96 bits per heavy atom. The van der Waals surface area contributed by atoms with Gasteiger partial charge in [0.25, 0.3) is 0 Å². The van der Waals surface area contributed by atoms with Crippen molar-refractivity contribution in [1.29, 1.82) is 0 Å². The van der Waals surface area contributed by atoms with Gasteiger partial charge in [0.05, 0.1) is 0 Å². The van der Waals surface area contributed by atoms with Crippen molar-refractivity contribution in [2.75, 3.05) is 52.9 Å². The van der Waals surface area contributed by atoms with Crippen LogP contribution in [0, 0.1) is 0 Å². The summed E-state index contributed by atoms with van der Waals surface area (Å²) in [7, 11) is 1.85. The normalized spacial score (nSPS) is 25.6. The number of aryl methyl sites for hydroxylation is 1. The lowest BCUT2D eigenvalue weighted by molar-refractivity contribution is 0.0154. The zero-order valence-corrected chi connectivity index (χ0v) is 15.7. The Balaban J connectivity index is 1.20. The van der Waals surface area contributed by atoms with Gasteiger partial charge in [0.15, 0.2) is 5.96 Å². The molecule has 1 unspecified atom stereocenters. The molecule has 3 aliphatic heterocycles. The molecule has 3 aliphatic rings. The number of hydrogen-bond donors (Lipinski definition) is 2. The van der Waals surface area contributed by atoms with E-state index in [1.165, 1.54) is 43.6 Å². The van der Waals surface area contributed by atoms with E-state index in [-0.39, 0.29) is 0 Å². The van der Waals surface area contributed by atoms with Crippen LogP contribution in [0.4, 0.5) is 0 Å². The summed E-state index contributed by atoms with van der Waals surface area (Å²) in [5.41, 5.74) is 1.31. The van der Waals surface area contributed by atoms with E-state index in [0.29, 0.717) is 6.04 Å². The topological polar surface area (TPSA) is 47.8 Å². The summed E-state index contributed by atoms with van der Waals surface area (Å²) in [5.74, 6) is 0.917. The zero-order chi connectivity index (χ0) is 17.8. The maximum absolute atomic E-state index is 4.37. The molecule has 2 aromatic rings. The first kappa shape index (κ1) is 17.4. The summed E-state index contributed by atoms with van der Waals surface area (Å²) in [5, 5.41) is 8.28. The van der Waals surface area contributed by atoms with E-state index in [9.17, 15) is 0 Å². The Morgan fingerprint density at radius 3 is 2.73 bits per heavy atom. The van der Waals surface area contributed by atoms with Gasteiger partial charge in [-0.15, -0.1) is 0 Å². The first-order chi connectivity index (χ1) is 12.8. The van der Waals surface area contributed by atoms with Crippen LogP contribution in [0.5, 0.6) is 0 Å². The molecular weight excluding hydrogens is 324 g/mol. The van der Waals surface area contributed by atoms with Gasteiger partial charge in [0.1, 0.15) is 0 Å². The minimum absolute atomic E-state index is 0.613. The lowest BCUT2D eigenvalue weighted by atomic mass is 10.1. The van der Waals surface area contributed by atoms with Crippen molar-refractivity contribution >= 4 is 16.9 Å². The predicted molar refractivity (Wildman–Crippen MR) is 108 cm³/mol. The van der Waals surface area contributed by atoms with Gasteiger partial charge in [-0.3, -0.25) is 14.8 Å². The fraction of sp³-hybridized carbons (Fsp3) is 0.550. The smallest absolute Gasteiger partial charge is 0.191 e. The molecule has 6 nitrogen and oxygen atoms in total. The number of fused-ring (bicyclic) bond motifs is 4. The van der Waals surface area contributed by atoms with Crippen LogP contribution in [0.15, 0.2) is 41.5 Å². The zero-order valence-electron chi connectivity index (χ0n) is 15.7.